The van der Waals surface area contributed by atoms with Crippen LogP contribution >= 0.6 is 0 Å². The normalized spacial score (nSPS) is 21.2. The lowest BCUT2D eigenvalue weighted by atomic mass is 10.1. The first kappa shape index (κ1) is 19.9. The number of benzene rings is 1. The number of rotatable bonds is 6. The van der Waals surface area contributed by atoms with Gasteiger partial charge in [-0.15, -0.1) is 0 Å². The molecule has 1 aliphatic heterocycles. The predicted octanol–water partition coefficient (Wildman–Crippen LogP) is 0.655. The third-order valence-electron chi connectivity index (χ3n) is 4.58. The fraction of sp³-hybridized carbons (Fsp3) is 0.562. The molecule has 7 nitrogen and oxygen atoms in total. The number of carbonyl (C=O) groups is 1. The Balaban J connectivity index is 2.16. The van der Waals surface area contributed by atoms with Gasteiger partial charge in [0.05, 0.1) is 24.3 Å². The van der Waals surface area contributed by atoms with Crippen molar-refractivity contribution >= 4 is 25.8 Å². The van der Waals surface area contributed by atoms with Crippen molar-refractivity contribution in [1.29, 1.82) is 0 Å². The molecule has 0 saturated carbocycles. The van der Waals surface area contributed by atoms with Crippen LogP contribution in [0.1, 0.15) is 24.9 Å². The van der Waals surface area contributed by atoms with Gasteiger partial charge >= 0.3 is 0 Å². The molecule has 0 radical (unpaired) electrons. The van der Waals surface area contributed by atoms with E-state index < -0.39 is 37.9 Å². The molecule has 1 aliphatic rings. The van der Waals surface area contributed by atoms with Crippen molar-refractivity contribution in [3.63, 3.8) is 0 Å². The molecule has 0 spiro atoms. The van der Waals surface area contributed by atoms with Crippen LogP contribution in [0, 0.1) is 0 Å². The summed E-state index contributed by atoms with van der Waals surface area (Å²) in [5, 5.41) is 0. The smallest absolute Gasteiger partial charge is 0.237 e. The van der Waals surface area contributed by atoms with E-state index in [-0.39, 0.29) is 18.1 Å². The van der Waals surface area contributed by atoms with Crippen LogP contribution in [0.2, 0.25) is 0 Å². The fourth-order valence-corrected chi connectivity index (χ4v) is 5.78. The van der Waals surface area contributed by atoms with Crippen molar-refractivity contribution in [2.45, 2.75) is 25.4 Å². The molecule has 1 aromatic rings. The second-order valence-corrected chi connectivity index (χ2v) is 10.6. The maximum absolute atomic E-state index is 12.6. The molecule has 2 unspecified atom stereocenters. The van der Waals surface area contributed by atoms with Crippen LogP contribution in [0.3, 0.4) is 0 Å². The Bertz CT molecular complexity index is 821. The van der Waals surface area contributed by atoms with Gasteiger partial charge in [-0.05, 0) is 18.9 Å². The quantitative estimate of drug-likeness (QED) is 0.714. The minimum Gasteiger partial charge on any atom is -0.341 e. The maximum atomic E-state index is 12.6. The number of carbonyl (C=O) groups excluding carboxylic acids is 1. The third kappa shape index (κ3) is 5.02. The number of nitrogens with zero attached hydrogens (tertiary/aromatic N) is 2. The lowest BCUT2D eigenvalue weighted by Gasteiger charge is -2.30. The molecule has 0 aromatic heterocycles. The van der Waals surface area contributed by atoms with E-state index in [4.69, 9.17) is 0 Å². The average molecular weight is 389 g/mol. The van der Waals surface area contributed by atoms with E-state index in [0.717, 1.165) is 16.1 Å². The van der Waals surface area contributed by atoms with Crippen LogP contribution in [-0.2, 0) is 24.7 Å². The summed E-state index contributed by atoms with van der Waals surface area (Å²) in [5.41, 5.74) is 0.784. The number of likely N-dealkylation sites (N-methyl/N-ethyl adjacent to an activating group) is 1. The number of hydrogen-bond donors (Lipinski definition) is 0. The zero-order valence-electron chi connectivity index (χ0n) is 14.6. The summed E-state index contributed by atoms with van der Waals surface area (Å²) in [5.74, 6) is -0.413. The van der Waals surface area contributed by atoms with E-state index in [0.29, 0.717) is 6.42 Å². The Labute approximate surface area is 149 Å². The van der Waals surface area contributed by atoms with Crippen molar-refractivity contribution < 1.29 is 21.6 Å². The van der Waals surface area contributed by atoms with Crippen LogP contribution in [0.25, 0.3) is 0 Å². The van der Waals surface area contributed by atoms with E-state index in [1.165, 1.54) is 11.9 Å². The maximum Gasteiger partial charge on any atom is 0.237 e. The predicted molar refractivity (Wildman–Crippen MR) is 96.2 cm³/mol. The molecular weight excluding hydrogens is 364 g/mol. The van der Waals surface area contributed by atoms with Crippen molar-refractivity contribution in [3.05, 3.63) is 35.9 Å². The second kappa shape index (κ2) is 7.43. The number of hydrogen-bond acceptors (Lipinski definition) is 5. The highest BCUT2D eigenvalue weighted by molar-refractivity contribution is 7.91. The Hall–Kier alpha value is -1.45. The van der Waals surface area contributed by atoms with E-state index in [9.17, 15) is 21.6 Å². The van der Waals surface area contributed by atoms with Crippen molar-refractivity contribution in [1.82, 2.24) is 9.21 Å². The molecular formula is C16H24N2O5S2. The van der Waals surface area contributed by atoms with Crippen molar-refractivity contribution in [3.8, 4) is 0 Å². The van der Waals surface area contributed by atoms with Gasteiger partial charge in [0.2, 0.25) is 15.9 Å². The average Bonchev–Trinajstić information content (AvgIpc) is 2.90. The van der Waals surface area contributed by atoms with E-state index in [1.807, 2.05) is 18.2 Å². The lowest BCUT2D eigenvalue weighted by Crippen LogP contribution is -2.46. The standard InChI is InChI=1S/C16H24N2O5S2/c1-13(14-7-5-4-6-8-14)18(24(3,20)21)11-16(19)17(2)15-9-10-25(22,23)12-15/h4-8,13,15H,9-12H2,1-3H3. The first-order chi connectivity index (χ1) is 11.5. The number of amides is 1. The van der Waals surface area contributed by atoms with Gasteiger partial charge in [-0.2, -0.15) is 4.31 Å². The molecule has 0 aliphatic carbocycles. The van der Waals surface area contributed by atoms with Crippen LogP contribution in [0.15, 0.2) is 30.3 Å². The Kier molecular flexibility index (Phi) is 5.90. The first-order valence-corrected chi connectivity index (χ1v) is 11.7. The van der Waals surface area contributed by atoms with Gasteiger partial charge in [0.25, 0.3) is 0 Å². The van der Waals surface area contributed by atoms with Gasteiger partial charge in [0.1, 0.15) is 0 Å². The summed E-state index contributed by atoms with van der Waals surface area (Å²) in [6, 6.07) is 8.17. The molecule has 1 aromatic carbocycles. The third-order valence-corrected chi connectivity index (χ3v) is 7.63. The van der Waals surface area contributed by atoms with Crippen LogP contribution in [0.5, 0.6) is 0 Å². The molecule has 1 fully saturated rings. The first-order valence-electron chi connectivity index (χ1n) is 7.99. The molecule has 1 heterocycles. The molecule has 0 bridgehead atoms. The highest BCUT2D eigenvalue weighted by atomic mass is 32.2. The highest BCUT2D eigenvalue weighted by Crippen LogP contribution is 2.23. The van der Waals surface area contributed by atoms with Crippen LogP contribution < -0.4 is 0 Å². The zero-order chi connectivity index (χ0) is 18.8. The topological polar surface area (TPSA) is 91.8 Å². The lowest BCUT2D eigenvalue weighted by molar-refractivity contribution is -0.132. The Morgan fingerprint density at radius 2 is 1.88 bits per heavy atom. The van der Waals surface area contributed by atoms with E-state index in [2.05, 4.69) is 0 Å². The molecule has 25 heavy (non-hydrogen) atoms. The molecule has 2 rings (SSSR count). The van der Waals surface area contributed by atoms with Gasteiger partial charge in [-0.1, -0.05) is 30.3 Å². The SMILES string of the molecule is CC(c1ccccc1)N(CC(=O)N(C)C1CCS(=O)(=O)C1)S(C)(=O)=O. The minimum atomic E-state index is -3.62. The summed E-state index contributed by atoms with van der Waals surface area (Å²) in [6.07, 6.45) is 1.46. The second-order valence-electron chi connectivity index (χ2n) is 6.46. The highest BCUT2D eigenvalue weighted by Gasteiger charge is 2.35. The number of sulfonamides is 1. The summed E-state index contributed by atoms with van der Waals surface area (Å²) in [6.45, 7) is 1.41. The molecule has 140 valence electrons. The number of sulfone groups is 1. The summed E-state index contributed by atoms with van der Waals surface area (Å²) >= 11 is 0. The zero-order valence-corrected chi connectivity index (χ0v) is 16.3. The van der Waals surface area contributed by atoms with Crippen molar-refractivity contribution in [2.75, 3.05) is 31.4 Å². The van der Waals surface area contributed by atoms with E-state index in [1.54, 1.807) is 19.1 Å². The molecule has 9 heteroatoms. The van der Waals surface area contributed by atoms with Gasteiger partial charge in [0.15, 0.2) is 9.84 Å². The largest absolute Gasteiger partial charge is 0.341 e. The monoisotopic (exact) mass is 388 g/mol. The summed E-state index contributed by atoms with van der Waals surface area (Å²) < 4.78 is 48.7. The summed E-state index contributed by atoms with van der Waals surface area (Å²) in [4.78, 5) is 13.9. The van der Waals surface area contributed by atoms with Crippen molar-refractivity contribution in [2.24, 2.45) is 0 Å². The van der Waals surface area contributed by atoms with Gasteiger partial charge < -0.3 is 4.90 Å². The van der Waals surface area contributed by atoms with Gasteiger partial charge in [-0.25, -0.2) is 16.8 Å². The Morgan fingerprint density at radius 3 is 2.36 bits per heavy atom. The van der Waals surface area contributed by atoms with Gasteiger partial charge in [0, 0.05) is 19.1 Å². The fourth-order valence-electron chi connectivity index (χ4n) is 2.97. The molecule has 1 saturated heterocycles. The summed E-state index contributed by atoms with van der Waals surface area (Å²) in [7, 11) is -5.21. The van der Waals surface area contributed by atoms with E-state index >= 15 is 0 Å². The molecule has 0 N–H and O–H groups in total. The Morgan fingerprint density at radius 1 is 1.28 bits per heavy atom. The minimum absolute atomic E-state index is 0.0610. The molecule has 1 amide bonds. The van der Waals surface area contributed by atoms with Crippen LogP contribution in [0.4, 0.5) is 0 Å². The van der Waals surface area contributed by atoms with Crippen LogP contribution in [-0.4, -0.2) is 69.3 Å². The van der Waals surface area contributed by atoms with Gasteiger partial charge in [-0.3, -0.25) is 4.79 Å². The molecule has 2 atom stereocenters.